The number of hydroxylamine groups is 2. The van der Waals surface area contributed by atoms with E-state index < -0.39 is 23.5 Å². The van der Waals surface area contributed by atoms with E-state index >= 15 is 0 Å². The van der Waals surface area contributed by atoms with Gasteiger partial charge in [-0.3, -0.25) is 9.63 Å². The average Bonchev–Trinajstić information content (AvgIpc) is 2.37. The highest BCUT2D eigenvalue weighted by molar-refractivity contribution is 5.95. The van der Waals surface area contributed by atoms with Crippen molar-refractivity contribution in [2.24, 2.45) is 0 Å². The summed E-state index contributed by atoms with van der Waals surface area (Å²) in [5.41, 5.74) is 0.195. The number of hydrogen-bond acceptors (Lipinski definition) is 4. The van der Waals surface area contributed by atoms with Gasteiger partial charge in [0, 0.05) is 5.56 Å². The predicted octanol–water partition coefficient (Wildman–Crippen LogP) is 1.24. The number of rotatable bonds is 5. The van der Waals surface area contributed by atoms with Gasteiger partial charge in [0.1, 0.15) is 5.82 Å². The smallest absolute Gasteiger partial charge is 0.371 e. The molecule has 0 atom stereocenters. The fourth-order valence-electron chi connectivity index (χ4n) is 1.26. The Hall–Kier alpha value is -2.41. The second kappa shape index (κ2) is 6.50. The fraction of sp³-hybridized carbons (Fsp3) is 0.167. The van der Waals surface area contributed by atoms with Crippen molar-refractivity contribution in [3.05, 3.63) is 47.5 Å². The Morgan fingerprint density at radius 3 is 2.53 bits per heavy atom. The fourth-order valence-corrected chi connectivity index (χ4v) is 1.26. The summed E-state index contributed by atoms with van der Waals surface area (Å²) in [5.74, 6) is -4.20. The van der Waals surface area contributed by atoms with E-state index in [-0.39, 0.29) is 12.1 Å². The molecule has 0 spiro atoms. The summed E-state index contributed by atoms with van der Waals surface area (Å²) >= 11 is 0. The Morgan fingerprint density at radius 1 is 1.37 bits per heavy atom. The van der Waals surface area contributed by atoms with Gasteiger partial charge in [-0.15, -0.1) is 0 Å². The minimum Gasteiger partial charge on any atom is -0.502 e. The third-order valence-corrected chi connectivity index (χ3v) is 2.22. The van der Waals surface area contributed by atoms with E-state index in [4.69, 9.17) is 15.1 Å². The SMILES string of the molecule is CON(Cc1ccccc1F)C(=O)/C=C(\O)C(=O)O. The van der Waals surface area contributed by atoms with Crippen molar-refractivity contribution in [2.45, 2.75) is 6.54 Å². The highest BCUT2D eigenvalue weighted by Crippen LogP contribution is 2.10. The third kappa shape index (κ3) is 4.07. The number of carboxylic acids is 1. The Kier molecular flexibility index (Phi) is 5.01. The van der Waals surface area contributed by atoms with Crippen molar-refractivity contribution >= 4 is 11.9 Å². The molecule has 6 nitrogen and oxygen atoms in total. The molecule has 0 aliphatic heterocycles. The van der Waals surface area contributed by atoms with Crippen LogP contribution in [0.4, 0.5) is 4.39 Å². The van der Waals surface area contributed by atoms with Crippen LogP contribution in [0.3, 0.4) is 0 Å². The number of carboxylic acid groups (broad SMARTS) is 1. The lowest BCUT2D eigenvalue weighted by atomic mass is 10.2. The Labute approximate surface area is 108 Å². The van der Waals surface area contributed by atoms with E-state index in [1.165, 1.54) is 25.3 Å². The van der Waals surface area contributed by atoms with Gasteiger partial charge in [0.05, 0.1) is 19.7 Å². The first-order chi connectivity index (χ1) is 8.95. The van der Waals surface area contributed by atoms with E-state index in [1.54, 1.807) is 6.07 Å². The lowest BCUT2D eigenvalue weighted by molar-refractivity contribution is -0.173. The highest BCUT2D eigenvalue weighted by atomic mass is 19.1. The molecule has 102 valence electrons. The number of carbonyl (C=O) groups excluding carboxylic acids is 1. The number of aliphatic hydroxyl groups excluding tert-OH is 1. The Bertz CT molecular complexity index is 515. The number of nitrogens with zero attached hydrogens (tertiary/aromatic N) is 1. The van der Waals surface area contributed by atoms with E-state index in [1.807, 2.05) is 0 Å². The molecule has 2 N–H and O–H groups in total. The zero-order chi connectivity index (χ0) is 14.4. The van der Waals surface area contributed by atoms with Crippen LogP contribution in [0.15, 0.2) is 36.1 Å². The average molecular weight is 269 g/mol. The maximum atomic E-state index is 13.4. The first-order valence-electron chi connectivity index (χ1n) is 5.18. The van der Waals surface area contributed by atoms with Gasteiger partial charge in [0.2, 0.25) is 5.76 Å². The topological polar surface area (TPSA) is 87.1 Å². The van der Waals surface area contributed by atoms with Crippen LogP contribution in [0, 0.1) is 5.82 Å². The van der Waals surface area contributed by atoms with Gasteiger partial charge in [0.15, 0.2) is 0 Å². The number of aliphatic hydroxyl groups is 1. The second-order valence-corrected chi connectivity index (χ2v) is 3.48. The molecule has 0 aliphatic rings. The molecular weight excluding hydrogens is 257 g/mol. The van der Waals surface area contributed by atoms with Crippen molar-refractivity contribution in [3.63, 3.8) is 0 Å². The highest BCUT2D eigenvalue weighted by Gasteiger charge is 2.16. The van der Waals surface area contributed by atoms with Crippen molar-refractivity contribution < 1.29 is 29.0 Å². The van der Waals surface area contributed by atoms with Crippen LogP contribution in [0.1, 0.15) is 5.56 Å². The molecule has 0 radical (unpaired) electrons. The molecule has 0 saturated carbocycles. The van der Waals surface area contributed by atoms with Gasteiger partial charge in [-0.05, 0) is 6.07 Å². The van der Waals surface area contributed by atoms with Crippen LogP contribution < -0.4 is 0 Å². The van der Waals surface area contributed by atoms with Gasteiger partial charge in [0.25, 0.3) is 5.91 Å². The molecule has 1 aromatic carbocycles. The van der Waals surface area contributed by atoms with Crippen molar-refractivity contribution in [2.75, 3.05) is 7.11 Å². The maximum absolute atomic E-state index is 13.4. The van der Waals surface area contributed by atoms with Crippen LogP contribution in [-0.4, -0.2) is 34.3 Å². The van der Waals surface area contributed by atoms with Crippen molar-refractivity contribution in [1.29, 1.82) is 0 Å². The van der Waals surface area contributed by atoms with Crippen LogP contribution in [-0.2, 0) is 21.0 Å². The lowest BCUT2D eigenvalue weighted by Crippen LogP contribution is -2.29. The summed E-state index contributed by atoms with van der Waals surface area (Å²) in [5, 5.41) is 18.1. The number of benzene rings is 1. The Morgan fingerprint density at radius 2 is 2.00 bits per heavy atom. The molecular formula is C12H12FNO5. The number of aliphatic carboxylic acids is 1. The van der Waals surface area contributed by atoms with Gasteiger partial charge in [-0.1, -0.05) is 18.2 Å². The molecule has 0 aromatic heterocycles. The Balaban J connectivity index is 2.85. The molecule has 0 aliphatic carbocycles. The predicted molar refractivity (Wildman–Crippen MR) is 62.3 cm³/mol. The molecule has 1 amide bonds. The lowest BCUT2D eigenvalue weighted by Gasteiger charge is -2.18. The third-order valence-electron chi connectivity index (χ3n) is 2.22. The first kappa shape index (κ1) is 14.7. The van der Waals surface area contributed by atoms with E-state index in [0.29, 0.717) is 6.08 Å². The van der Waals surface area contributed by atoms with E-state index in [9.17, 15) is 14.0 Å². The van der Waals surface area contributed by atoms with Crippen LogP contribution in [0.2, 0.25) is 0 Å². The number of amides is 1. The number of carbonyl (C=O) groups is 2. The second-order valence-electron chi connectivity index (χ2n) is 3.48. The normalized spacial score (nSPS) is 11.2. The molecule has 1 aromatic rings. The molecule has 0 heterocycles. The van der Waals surface area contributed by atoms with E-state index in [2.05, 4.69) is 0 Å². The molecule has 7 heteroatoms. The van der Waals surface area contributed by atoms with E-state index in [0.717, 1.165) is 5.06 Å². The summed E-state index contributed by atoms with van der Waals surface area (Å²) < 4.78 is 13.4. The monoisotopic (exact) mass is 269 g/mol. The van der Waals surface area contributed by atoms with Crippen molar-refractivity contribution in [3.8, 4) is 0 Å². The first-order valence-corrected chi connectivity index (χ1v) is 5.18. The standard InChI is InChI=1S/C12H12FNO5/c1-19-14(11(16)6-10(15)12(17)18)7-8-4-2-3-5-9(8)13/h2-6,15H,7H2,1H3,(H,17,18)/b10-6-. The van der Waals surface area contributed by atoms with Gasteiger partial charge < -0.3 is 10.2 Å². The minimum atomic E-state index is -1.64. The summed E-state index contributed by atoms with van der Waals surface area (Å²) in [4.78, 5) is 26.7. The summed E-state index contributed by atoms with van der Waals surface area (Å²) in [7, 11) is 1.17. The minimum absolute atomic E-state index is 0.195. The van der Waals surface area contributed by atoms with Crippen LogP contribution in [0.5, 0.6) is 0 Å². The number of halogens is 1. The van der Waals surface area contributed by atoms with Crippen LogP contribution in [0.25, 0.3) is 0 Å². The summed E-state index contributed by atoms with van der Waals surface area (Å²) in [6.45, 7) is -0.217. The largest absolute Gasteiger partial charge is 0.502 e. The zero-order valence-electron chi connectivity index (χ0n) is 10.0. The molecule has 0 unspecified atom stereocenters. The molecule has 0 fully saturated rings. The van der Waals surface area contributed by atoms with Crippen molar-refractivity contribution in [1.82, 2.24) is 5.06 Å². The zero-order valence-corrected chi connectivity index (χ0v) is 10.0. The number of hydrogen-bond donors (Lipinski definition) is 2. The van der Waals surface area contributed by atoms with Gasteiger partial charge >= 0.3 is 5.97 Å². The van der Waals surface area contributed by atoms with Crippen LogP contribution >= 0.6 is 0 Å². The molecule has 0 saturated heterocycles. The van der Waals surface area contributed by atoms with Gasteiger partial charge in [-0.25, -0.2) is 14.2 Å². The quantitative estimate of drug-likeness (QED) is 0.477. The maximum Gasteiger partial charge on any atom is 0.371 e. The molecule has 1 rings (SSSR count). The van der Waals surface area contributed by atoms with Gasteiger partial charge in [-0.2, -0.15) is 0 Å². The molecule has 19 heavy (non-hydrogen) atoms. The summed E-state index contributed by atoms with van der Waals surface area (Å²) in [6.07, 6.45) is 0.479. The summed E-state index contributed by atoms with van der Waals surface area (Å²) in [6, 6.07) is 5.75. The molecule has 0 bridgehead atoms.